The van der Waals surface area contributed by atoms with Gasteiger partial charge in [0.1, 0.15) is 5.82 Å². The van der Waals surface area contributed by atoms with E-state index in [0.717, 1.165) is 48.5 Å². The van der Waals surface area contributed by atoms with Crippen LogP contribution >= 0.6 is 0 Å². The van der Waals surface area contributed by atoms with Crippen molar-refractivity contribution < 1.29 is 4.39 Å². The summed E-state index contributed by atoms with van der Waals surface area (Å²) in [7, 11) is 0. The predicted molar refractivity (Wildman–Crippen MR) is 148 cm³/mol. The molecule has 1 atom stereocenters. The first-order valence-corrected chi connectivity index (χ1v) is 14.6. The fourth-order valence-electron chi connectivity index (χ4n) is 6.99. The van der Waals surface area contributed by atoms with Crippen LogP contribution in [0, 0.1) is 29.5 Å². The van der Waals surface area contributed by atoms with E-state index in [2.05, 4.69) is 49.4 Å². The smallest absolute Gasteiger partial charge is 0.126 e. The van der Waals surface area contributed by atoms with Crippen molar-refractivity contribution in [2.75, 3.05) is 0 Å². The molecule has 0 heterocycles. The second-order valence-corrected chi connectivity index (χ2v) is 11.7. The summed E-state index contributed by atoms with van der Waals surface area (Å²) in [6.07, 6.45) is 20.9. The third kappa shape index (κ3) is 7.80. The Kier molecular flexibility index (Phi) is 10.0. The van der Waals surface area contributed by atoms with Gasteiger partial charge in [0.2, 0.25) is 0 Å². The zero-order valence-electron chi connectivity index (χ0n) is 22.2. The highest BCUT2D eigenvalue weighted by atomic mass is 19.1. The van der Waals surface area contributed by atoms with Crippen LogP contribution < -0.4 is 0 Å². The van der Waals surface area contributed by atoms with E-state index in [9.17, 15) is 4.39 Å². The molecule has 0 radical (unpaired) electrons. The third-order valence-electron chi connectivity index (χ3n) is 9.28. The van der Waals surface area contributed by atoms with Crippen molar-refractivity contribution in [2.45, 2.75) is 103 Å². The van der Waals surface area contributed by atoms with Gasteiger partial charge in [0.05, 0.1) is 0 Å². The zero-order chi connectivity index (χ0) is 24.5. The molecule has 4 rings (SSSR count). The predicted octanol–water partition coefficient (Wildman–Crippen LogP) is 10.1. The zero-order valence-corrected chi connectivity index (χ0v) is 22.2. The normalized spacial score (nSPS) is 26.1. The number of hydrogen-bond acceptors (Lipinski definition) is 0. The minimum atomic E-state index is -0.00974. The molecule has 0 nitrogen and oxygen atoms in total. The minimum Gasteiger partial charge on any atom is -0.207 e. The van der Waals surface area contributed by atoms with Gasteiger partial charge < -0.3 is 0 Å². The summed E-state index contributed by atoms with van der Waals surface area (Å²) in [5.74, 6) is 4.39. The van der Waals surface area contributed by atoms with Crippen LogP contribution in [0.15, 0.2) is 60.7 Å². The fraction of sp³-hybridized carbons (Fsp3) is 0.588. The van der Waals surface area contributed by atoms with Crippen LogP contribution in [-0.4, -0.2) is 0 Å². The van der Waals surface area contributed by atoms with Crippen LogP contribution in [0.25, 0.3) is 0 Å². The maximum Gasteiger partial charge on any atom is 0.126 e. The molecule has 0 aromatic heterocycles. The van der Waals surface area contributed by atoms with E-state index in [0.29, 0.717) is 5.92 Å². The largest absolute Gasteiger partial charge is 0.207 e. The molecule has 1 heteroatoms. The molecule has 1 unspecified atom stereocenters. The molecule has 2 aromatic carbocycles. The van der Waals surface area contributed by atoms with E-state index < -0.39 is 0 Å². The number of benzene rings is 2. The Morgan fingerprint density at radius 3 is 2.11 bits per heavy atom. The van der Waals surface area contributed by atoms with Gasteiger partial charge >= 0.3 is 0 Å². The molecule has 190 valence electrons. The molecule has 2 fully saturated rings. The van der Waals surface area contributed by atoms with Crippen molar-refractivity contribution in [3.63, 3.8) is 0 Å². The van der Waals surface area contributed by atoms with Gasteiger partial charge in [0.25, 0.3) is 0 Å². The molecule has 2 aliphatic carbocycles. The van der Waals surface area contributed by atoms with Crippen LogP contribution in [0.1, 0.15) is 107 Å². The highest BCUT2D eigenvalue weighted by Crippen LogP contribution is 2.44. The first-order chi connectivity index (χ1) is 17.1. The standard InChI is InChI=1S/C34H47F/c1-3-4-6-11-33-23-18-29(25-34(33)35)13-12-27-14-19-31(20-15-27)32-21-16-28(17-22-32)24-26(2)30-9-7-5-8-10-30/h3-5,7-10,18,23,25-28,31-32H,6,11-17,19-22,24H2,1-2H3/b4-3+. The average Bonchev–Trinajstić information content (AvgIpc) is 2.90. The molecule has 0 saturated heterocycles. The number of rotatable bonds is 10. The molecule has 0 aliphatic heterocycles. The lowest BCUT2D eigenvalue weighted by molar-refractivity contribution is 0.139. The first-order valence-electron chi connectivity index (χ1n) is 14.6. The quantitative estimate of drug-likeness (QED) is 0.300. The summed E-state index contributed by atoms with van der Waals surface area (Å²) in [4.78, 5) is 0. The Hall–Kier alpha value is -1.89. The second kappa shape index (κ2) is 13.4. The molecule has 2 aromatic rings. The Morgan fingerprint density at radius 1 is 0.829 bits per heavy atom. The molecule has 35 heavy (non-hydrogen) atoms. The van der Waals surface area contributed by atoms with Crippen LogP contribution in [0.3, 0.4) is 0 Å². The molecular formula is C34H47F. The monoisotopic (exact) mass is 474 g/mol. The number of allylic oxidation sites excluding steroid dienone is 2. The average molecular weight is 475 g/mol. The summed E-state index contributed by atoms with van der Waals surface area (Å²) in [6, 6.07) is 17.1. The van der Waals surface area contributed by atoms with Gasteiger partial charge in [-0.05, 0) is 117 Å². The third-order valence-corrected chi connectivity index (χ3v) is 9.28. The maximum absolute atomic E-state index is 14.5. The lowest BCUT2D eigenvalue weighted by Crippen LogP contribution is -2.26. The molecule has 0 N–H and O–H groups in total. The SMILES string of the molecule is C/C=C/CCc1ccc(CCC2CCC(C3CCC(CC(C)c4ccccc4)CC3)CC2)cc1F. The maximum atomic E-state index is 14.5. The van der Waals surface area contributed by atoms with Gasteiger partial charge in [0, 0.05) is 0 Å². The summed E-state index contributed by atoms with van der Waals surface area (Å²) < 4.78 is 14.5. The Labute approximate surface area is 214 Å². The van der Waals surface area contributed by atoms with E-state index in [4.69, 9.17) is 0 Å². The lowest BCUT2D eigenvalue weighted by atomic mass is 9.67. The van der Waals surface area contributed by atoms with E-state index in [1.165, 1.54) is 75.3 Å². The van der Waals surface area contributed by atoms with Gasteiger partial charge in [-0.2, -0.15) is 0 Å². The van der Waals surface area contributed by atoms with Crippen molar-refractivity contribution in [3.05, 3.63) is 83.2 Å². The van der Waals surface area contributed by atoms with Gasteiger partial charge in [-0.25, -0.2) is 4.39 Å². The van der Waals surface area contributed by atoms with Crippen molar-refractivity contribution in [1.29, 1.82) is 0 Å². The van der Waals surface area contributed by atoms with Crippen LogP contribution in [0.5, 0.6) is 0 Å². The highest BCUT2D eigenvalue weighted by Gasteiger charge is 2.31. The number of halogens is 1. The highest BCUT2D eigenvalue weighted by molar-refractivity contribution is 5.25. The summed E-state index contributed by atoms with van der Waals surface area (Å²) in [5.41, 5.74) is 3.55. The Bertz CT molecular complexity index is 897. The second-order valence-electron chi connectivity index (χ2n) is 11.7. The van der Waals surface area contributed by atoms with E-state index >= 15 is 0 Å². The van der Waals surface area contributed by atoms with Gasteiger partial charge in [-0.1, -0.05) is 87.2 Å². The Morgan fingerprint density at radius 2 is 1.49 bits per heavy atom. The Balaban J connectivity index is 1.14. The van der Waals surface area contributed by atoms with Crippen LogP contribution in [0.2, 0.25) is 0 Å². The van der Waals surface area contributed by atoms with Crippen molar-refractivity contribution >= 4 is 0 Å². The molecule has 0 amide bonds. The molecule has 2 aliphatic rings. The van der Waals surface area contributed by atoms with Crippen molar-refractivity contribution in [2.24, 2.45) is 23.7 Å². The molecular weight excluding hydrogens is 427 g/mol. The van der Waals surface area contributed by atoms with Crippen molar-refractivity contribution in [1.82, 2.24) is 0 Å². The van der Waals surface area contributed by atoms with E-state index in [1.807, 2.05) is 19.1 Å². The van der Waals surface area contributed by atoms with Gasteiger partial charge in [0.15, 0.2) is 0 Å². The van der Waals surface area contributed by atoms with Crippen LogP contribution in [0.4, 0.5) is 4.39 Å². The summed E-state index contributed by atoms with van der Waals surface area (Å²) >= 11 is 0. The lowest BCUT2D eigenvalue weighted by Gasteiger charge is -2.38. The summed E-state index contributed by atoms with van der Waals surface area (Å²) in [6.45, 7) is 4.43. The number of aryl methyl sites for hydroxylation is 2. The topological polar surface area (TPSA) is 0 Å². The summed E-state index contributed by atoms with van der Waals surface area (Å²) in [5, 5.41) is 0. The number of hydrogen-bond donors (Lipinski definition) is 0. The fourth-order valence-corrected chi connectivity index (χ4v) is 6.99. The van der Waals surface area contributed by atoms with E-state index in [1.54, 1.807) is 6.07 Å². The molecule has 0 bridgehead atoms. The van der Waals surface area contributed by atoms with Gasteiger partial charge in [-0.15, -0.1) is 0 Å². The molecule has 0 spiro atoms. The van der Waals surface area contributed by atoms with Crippen LogP contribution in [-0.2, 0) is 12.8 Å². The minimum absolute atomic E-state index is 0.00974. The van der Waals surface area contributed by atoms with E-state index in [-0.39, 0.29) is 5.82 Å². The molecule has 2 saturated carbocycles. The van der Waals surface area contributed by atoms with Gasteiger partial charge in [-0.3, -0.25) is 0 Å². The first kappa shape index (κ1) is 26.2. The van der Waals surface area contributed by atoms with Crippen molar-refractivity contribution in [3.8, 4) is 0 Å².